The van der Waals surface area contributed by atoms with Crippen molar-refractivity contribution in [1.82, 2.24) is 25.5 Å². The van der Waals surface area contributed by atoms with E-state index in [1.165, 1.54) is 12.8 Å². The van der Waals surface area contributed by atoms with Gasteiger partial charge in [-0.25, -0.2) is 4.68 Å². The van der Waals surface area contributed by atoms with Crippen molar-refractivity contribution in [1.29, 1.82) is 0 Å². The van der Waals surface area contributed by atoms with Crippen molar-refractivity contribution in [2.24, 2.45) is 0 Å². The summed E-state index contributed by atoms with van der Waals surface area (Å²) in [5, 5.41) is 25.9. The van der Waals surface area contributed by atoms with Crippen LogP contribution in [0.2, 0.25) is 0 Å². The van der Waals surface area contributed by atoms with E-state index >= 15 is 0 Å². The van der Waals surface area contributed by atoms with Gasteiger partial charge < -0.3 is 14.9 Å². The Bertz CT molecular complexity index is 587. The van der Waals surface area contributed by atoms with Gasteiger partial charge in [-0.05, 0) is 26.7 Å². The number of hydrogen-bond donors (Lipinski definition) is 2. The van der Waals surface area contributed by atoms with Crippen LogP contribution in [0.25, 0.3) is 0 Å². The van der Waals surface area contributed by atoms with E-state index in [4.69, 9.17) is 4.52 Å². The predicted octanol–water partition coefficient (Wildman–Crippen LogP) is 1.77. The maximum atomic E-state index is 10.0. The molecule has 0 bridgehead atoms. The molecule has 0 radical (unpaired) electrons. The van der Waals surface area contributed by atoms with Gasteiger partial charge in [-0.1, -0.05) is 23.2 Å². The standard InChI is InChI=1S/C15H23N5O2/c1-15(2,21)14-10-20(19-17-14)13-6-4-3-5-12(13)16-9-11-7-8-22-18-11/h7-8,10,12-13,16,21H,3-6,9H2,1-2H3/t12-,13+/m0/s1. The lowest BCUT2D eigenvalue weighted by molar-refractivity contribution is 0.0736. The molecular formula is C15H23N5O2. The molecule has 1 aliphatic carbocycles. The summed E-state index contributed by atoms with van der Waals surface area (Å²) in [7, 11) is 0. The van der Waals surface area contributed by atoms with Crippen LogP contribution in [0.15, 0.2) is 23.0 Å². The summed E-state index contributed by atoms with van der Waals surface area (Å²) in [4.78, 5) is 0. The molecule has 0 amide bonds. The van der Waals surface area contributed by atoms with Crippen LogP contribution >= 0.6 is 0 Å². The largest absolute Gasteiger partial charge is 0.384 e. The lowest BCUT2D eigenvalue weighted by atomic mass is 9.90. The molecule has 7 nitrogen and oxygen atoms in total. The number of aliphatic hydroxyl groups is 1. The molecule has 2 aromatic rings. The highest BCUT2D eigenvalue weighted by atomic mass is 16.5. The van der Waals surface area contributed by atoms with Gasteiger partial charge in [0.15, 0.2) is 0 Å². The van der Waals surface area contributed by atoms with Crippen molar-refractivity contribution in [2.75, 3.05) is 0 Å². The lowest BCUT2D eigenvalue weighted by Crippen LogP contribution is -2.39. The van der Waals surface area contributed by atoms with E-state index in [9.17, 15) is 5.11 Å². The molecule has 1 fully saturated rings. The summed E-state index contributed by atoms with van der Waals surface area (Å²) >= 11 is 0. The highest BCUT2D eigenvalue weighted by molar-refractivity contribution is 5.04. The Morgan fingerprint density at radius 1 is 1.41 bits per heavy atom. The fraction of sp³-hybridized carbons (Fsp3) is 0.667. The van der Waals surface area contributed by atoms with E-state index in [1.807, 2.05) is 16.9 Å². The smallest absolute Gasteiger partial charge is 0.124 e. The van der Waals surface area contributed by atoms with Gasteiger partial charge in [0, 0.05) is 18.7 Å². The van der Waals surface area contributed by atoms with Crippen LogP contribution in [0.5, 0.6) is 0 Å². The second kappa shape index (κ2) is 6.18. The number of rotatable bonds is 5. The van der Waals surface area contributed by atoms with Crippen molar-refractivity contribution < 1.29 is 9.63 Å². The molecule has 0 spiro atoms. The van der Waals surface area contributed by atoms with Crippen molar-refractivity contribution >= 4 is 0 Å². The third-order valence-electron chi connectivity index (χ3n) is 4.24. The maximum absolute atomic E-state index is 10.0. The SMILES string of the molecule is CC(C)(O)c1cn([C@@H]2CCCC[C@@H]2NCc2ccon2)nn1. The summed E-state index contributed by atoms with van der Waals surface area (Å²) in [5.41, 5.74) is 0.546. The first-order valence-electron chi connectivity index (χ1n) is 7.81. The van der Waals surface area contributed by atoms with Crippen LogP contribution in [0, 0.1) is 0 Å². The normalized spacial score (nSPS) is 22.9. The van der Waals surface area contributed by atoms with Crippen LogP contribution < -0.4 is 5.32 Å². The molecule has 3 rings (SSSR count). The second-order valence-corrected chi connectivity index (χ2v) is 6.47. The molecule has 0 unspecified atom stereocenters. The molecular weight excluding hydrogens is 282 g/mol. The van der Waals surface area contributed by atoms with E-state index < -0.39 is 5.60 Å². The zero-order valence-electron chi connectivity index (χ0n) is 13.1. The molecule has 7 heteroatoms. The summed E-state index contributed by atoms with van der Waals surface area (Å²) in [6, 6.07) is 2.44. The summed E-state index contributed by atoms with van der Waals surface area (Å²) in [6.07, 6.45) is 8.00. The third-order valence-corrected chi connectivity index (χ3v) is 4.24. The molecule has 2 aromatic heterocycles. The Kier molecular flexibility index (Phi) is 4.26. The Hall–Kier alpha value is -1.73. The average molecular weight is 305 g/mol. The first-order chi connectivity index (χ1) is 10.5. The van der Waals surface area contributed by atoms with E-state index in [2.05, 4.69) is 20.8 Å². The Labute approximate surface area is 129 Å². The van der Waals surface area contributed by atoms with Gasteiger partial charge >= 0.3 is 0 Å². The molecule has 0 aliphatic heterocycles. The number of aromatic nitrogens is 4. The highest BCUT2D eigenvalue weighted by Crippen LogP contribution is 2.29. The minimum absolute atomic E-state index is 0.254. The number of hydrogen-bond acceptors (Lipinski definition) is 6. The second-order valence-electron chi connectivity index (χ2n) is 6.47. The van der Waals surface area contributed by atoms with Crippen LogP contribution in [0.4, 0.5) is 0 Å². The molecule has 0 aromatic carbocycles. The van der Waals surface area contributed by atoms with Gasteiger partial charge in [0.25, 0.3) is 0 Å². The topological polar surface area (TPSA) is 89.0 Å². The first-order valence-corrected chi connectivity index (χ1v) is 7.81. The molecule has 120 valence electrons. The molecule has 2 N–H and O–H groups in total. The first kappa shape index (κ1) is 15.2. The monoisotopic (exact) mass is 305 g/mol. The predicted molar refractivity (Wildman–Crippen MR) is 79.9 cm³/mol. The third kappa shape index (κ3) is 3.36. The minimum atomic E-state index is -0.962. The zero-order chi connectivity index (χ0) is 15.6. The maximum Gasteiger partial charge on any atom is 0.124 e. The van der Waals surface area contributed by atoms with Crippen molar-refractivity contribution in [3.8, 4) is 0 Å². The Morgan fingerprint density at radius 2 is 2.23 bits per heavy atom. The van der Waals surface area contributed by atoms with Gasteiger partial charge in [0.1, 0.15) is 17.6 Å². The quantitative estimate of drug-likeness (QED) is 0.875. The van der Waals surface area contributed by atoms with E-state index in [0.717, 1.165) is 18.5 Å². The molecule has 1 aliphatic rings. The minimum Gasteiger partial charge on any atom is -0.384 e. The molecule has 2 heterocycles. The fourth-order valence-electron chi connectivity index (χ4n) is 2.95. The zero-order valence-corrected chi connectivity index (χ0v) is 13.1. The summed E-state index contributed by atoms with van der Waals surface area (Å²) < 4.78 is 6.76. The van der Waals surface area contributed by atoms with E-state index in [0.29, 0.717) is 18.3 Å². The molecule has 22 heavy (non-hydrogen) atoms. The fourth-order valence-corrected chi connectivity index (χ4v) is 2.95. The summed E-state index contributed by atoms with van der Waals surface area (Å²) in [6.45, 7) is 4.13. The van der Waals surface area contributed by atoms with Gasteiger partial charge in [0.2, 0.25) is 0 Å². The van der Waals surface area contributed by atoms with Crippen molar-refractivity contribution in [3.05, 3.63) is 29.9 Å². The van der Waals surface area contributed by atoms with Crippen LogP contribution in [0.1, 0.15) is 57.0 Å². The van der Waals surface area contributed by atoms with Crippen molar-refractivity contribution in [3.63, 3.8) is 0 Å². The van der Waals surface area contributed by atoms with Crippen LogP contribution in [-0.4, -0.2) is 31.3 Å². The number of nitrogens with zero attached hydrogens (tertiary/aromatic N) is 4. The molecule has 1 saturated carbocycles. The van der Waals surface area contributed by atoms with Gasteiger partial charge in [-0.2, -0.15) is 0 Å². The number of nitrogens with one attached hydrogen (secondary N) is 1. The average Bonchev–Trinajstić information content (AvgIpc) is 3.16. The van der Waals surface area contributed by atoms with Crippen LogP contribution in [-0.2, 0) is 12.1 Å². The van der Waals surface area contributed by atoms with Gasteiger partial charge in [-0.15, -0.1) is 5.10 Å². The summed E-state index contributed by atoms with van der Waals surface area (Å²) in [5.74, 6) is 0. The highest BCUT2D eigenvalue weighted by Gasteiger charge is 2.29. The van der Waals surface area contributed by atoms with Gasteiger partial charge in [0.05, 0.1) is 17.9 Å². The Balaban J connectivity index is 1.70. The van der Waals surface area contributed by atoms with E-state index in [1.54, 1.807) is 20.1 Å². The van der Waals surface area contributed by atoms with Gasteiger partial charge in [-0.3, -0.25) is 0 Å². The molecule has 2 atom stereocenters. The lowest BCUT2D eigenvalue weighted by Gasteiger charge is -2.32. The van der Waals surface area contributed by atoms with Crippen LogP contribution in [0.3, 0.4) is 0 Å². The Morgan fingerprint density at radius 3 is 2.91 bits per heavy atom. The molecule has 0 saturated heterocycles. The van der Waals surface area contributed by atoms with Crippen molar-refractivity contribution in [2.45, 2.75) is 63.8 Å². The van der Waals surface area contributed by atoms with E-state index in [-0.39, 0.29) is 6.04 Å².